The van der Waals surface area contributed by atoms with Gasteiger partial charge in [0.2, 0.25) is 0 Å². The Morgan fingerprint density at radius 3 is 2.36 bits per heavy atom. The van der Waals surface area contributed by atoms with Crippen LogP contribution in [-0.2, 0) is 71.1 Å². The van der Waals surface area contributed by atoms with Crippen LogP contribution in [0.15, 0.2) is 41.6 Å². The SMILES string of the molecule is C=C1CC(CC[C@]23C[C@H]4CC(O2)C2O[C@H]5CC[C@H](CC(=O)O[C@H]6CO[C@H]7C[C@H]8O[C@@H](C[C@@H]9O[C@@]%10(CC[C@@H]9O)C[C@H](C)[C@@H]9O[C@H](CN=[N+]=[N-])CC[C@@H]9O%10)CC8(C=C=N)OC7(C=C=N)C6)O[C@@H]5C(O3)C2O4)O[C@H]1CC[C@H]1C[C@@H](C)C(=C)[C@@H](CC)O1. The third-order valence-electron chi connectivity index (χ3n) is 21.2. The monoisotopic (exact) mass is 1160 g/mol. The summed E-state index contributed by atoms with van der Waals surface area (Å²) in [7, 11) is 0. The number of aliphatic hydroxyl groups excluding tert-OH is 1. The molecule has 0 radical (unpaired) electrons. The predicted molar refractivity (Wildman–Crippen MR) is 296 cm³/mol. The van der Waals surface area contributed by atoms with Gasteiger partial charge >= 0.3 is 5.97 Å². The minimum Gasteiger partial charge on any atom is -0.460 e. The van der Waals surface area contributed by atoms with Crippen LogP contribution in [0.2, 0.25) is 0 Å². The van der Waals surface area contributed by atoms with E-state index in [4.69, 9.17) is 82.7 Å². The lowest BCUT2D eigenvalue weighted by Gasteiger charge is -2.53. The number of nitrogens with one attached hydrogen (secondary N) is 2. The minimum atomic E-state index is -1.24. The Kier molecular flexibility index (Phi) is 16.7. The summed E-state index contributed by atoms with van der Waals surface area (Å²) in [5.74, 6) is 3.27. The summed E-state index contributed by atoms with van der Waals surface area (Å²) in [4.78, 5) is 17.0. The molecular formula is C62H87N5O16. The fourth-order valence-electron chi connectivity index (χ4n) is 17.3. The highest BCUT2D eigenvalue weighted by molar-refractivity contribution is 5.70. The van der Waals surface area contributed by atoms with Gasteiger partial charge in [0.05, 0.1) is 117 Å². The Hall–Kier alpha value is -3.40. The molecule has 0 aromatic carbocycles. The summed E-state index contributed by atoms with van der Waals surface area (Å²) in [5, 5.41) is 31.5. The third kappa shape index (κ3) is 11.5. The van der Waals surface area contributed by atoms with Crippen LogP contribution < -0.4 is 0 Å². The van der Waals surface area contributed by atoms with Gasteiger partial charge in [-0.05, 0) is 111 Å². The Morgan fingerprint density at radius 2 is 1.54 bits per heavy atom. The van der Waals surface area contributed by atoms with Gasteiger partial charge in [0, 0.05) is 74.9 Å². The summed E-state index contributed by atoms with van der Waals surface area (Å²) >= 11 is 0. The van der Waals surface area contributed by atoms with Gasteiger partial charge in [-0.3, -0.25) is 15.6 Å². The number of aliphatic hydroxyl groups is 1. The number of carbonyl (C=O) groups is 1. The van der Waals surface area contributed by atoms with Crippen LogP contribution in [0.4, 0.5) is 0 Å². The number of fused-ring (bicyclic) bond motifs is 4. The molecule has 83 heavy (non-hydrogen) atoms. The predicted octanol–water partition coefficient (Wildman–Crippen LogP) is 8.04. The number of hydrogen-bond acceptors (Lipinski definition) is 19. The second-order valence-corrected chi connectivity index (χ2v) is 26.9. The normalized spacial score (nSPS) is 50.3. The maximum atomic E-state index is 14.1. The molecule has 27 atom stereocenters. The van der Waals surface area contributed by atoms with Crippen molar-refractivity contribution in [3.05, 3.63) is 46.9 Å². The highest BCUT2D eigenvalue weighted by atomic mass is 16.8. The van der Waals surface area contributed by atoms with Gasteiger partial charge in [-0.15, -0.1) is 0 Å². The molecule has 21 heteroatoms. The highest BCUT2D eigenvalue weighted by Crippen LogP contribution is 2.55. The summed E-state index contributed by atoms with van der Waals surface area (Å²) < 4.78 is 94.2. The third-order valence-corrected chi connectivity index (χ3v) is 21.2. The van der Waals surface area contributed by atoms with E-state index in [-0.39, 0.29) is 105 Å². The van der Waals surface area contributed by atoms with Gasteiger partial charge in [-0.25, -0.2) is 0 Å². The maximum absolute atomic E-state index is 14.1. The Labute approximate surface area is 486 Å². The summed E-state index contributed by atoms with van der Waals surface area (Å²) in [5.41, 5.74) is 8.82. The van der Waals surface area contributed by atoms with Crippen molar-refractivity contribution in [2.75, 3.05) is 13.2 Å². The number of carbonyl (C=O) groups excluding carboxylic acids is 1. The lowest BCUT2D eigenvalue weighted by molar-refractivity contribution is -0.364. The van der Waals surface area contributed by atoms with E-state index in [0.717, 1.165) is 56.9 Å². The van der Waals surface area contributed by atoms with E-state index in [1.807, 2.05) is 0 Å². The molecule has 14 fully saturated rings. The molecule has 14 aliphatic heterocycles. The average Bonchev–Trinajstić information content (AvgIpc) is 3.21. The zero-order valence-electron chi connectivity index (χ0n) is 48.5. The van der Waals surface area contributed by atoms with E-state index in [9.17, 15) is 9.90 Å². The van der Waals surface area contributed by atoms with Crippen LogP contribution in [0.5, 0.6) is 0 Å². The van der Waals surface area contributed by atoms with Crippen LogP contribution in [0.25, 0.3) is 10.4 Å². The molecule has 0 aromatic rings. The van der Waals surface area contributed by atoms with Crippen molar-refractivity contribution in [1.29, 1.82) is 10.8 Å². The molecule has 1 spiro atoms. The number of azide groups is 1. The molecule has 14 rings (SSSR count). The molecule has 3 N–H and O–H groups in total. The van der Waals surface area contributed by atoms with Crippen molar-refractivity contribution in [2.45, 2.75) is 307 Å². The van der Waals surface area contributed by atoms with Crippen LogP contribution >= 0.6 is 0 Å². The van der Waals surface area contributed by atoms with E-state index in [2.05, 4.69) is 55.7 Å². The number of hydrogen-bond donors (Lipinski definition) is 3. The van der Waals surface area contributed by atoms with Crippen molar-refractivity contribution >= 4 is 17.7 Å². The second kappa shape index (κ2) is 23.6. The second-order valence-electron chi connectivity index (χ2n) is 26.9. The van der Waals surface area contributed by atoms with Gasteiger partial charge in [0.1, 0.15) is 41.7 Å². The van der Waals surface area contributed by atoms with Crippen LogP contribution in [-0.4, -0.2) is 187 Å². The fraction of sp³-hybridized carbons (Fsp3) is 0.855. The zero-order valence-corrected chi connectivity index (χ0v) is 48.5. The van der Waals surface area contributed by atoms with Gasteiger partial charge in [0.15, 0.2) is 11.6 Å². The number of rotatable bonds is 16. The fourth-order valence-corrected chi connectivity index (χ4v) is 17.3. The number of esters is 1. The Bertz CT molecular complexity index is 2600. The van der Waals surface area contributed by atoms with E-state index < -0.39 is 83.7 Å². The molecule has 7 unspecified atom stereocenters. The maximum Gasteiger partial charge on any atom is 0.308 e. The van der Waals surface area contributed by atoms with E-state index in [0.29, 0.717) is 76.5 Å². The average molecular weight is 1160 g/mol. The lowest BCUT2D eigenvalue weighted by Crippen LogP contribution is -2.66. The topological polar surface area (TPSA) is 263 Å². The van der Waals surface area contributed by atoms with Gasteiger partial charge in [-0.2, -0.15) is 0 Å². The molecule has 6 bridgehead atoms. The number of nitrogens with zero attached hydrogens (tertiary/aromatic N) is 3. The standard InChI is InChI=1S/C62H87N5O16/c1-6-45-36(5)33(2)21-37(71-45)7-10-46-34(3)22-39(72-46)13-15-62-30-42-24-50(81-62)56-57(77-42)58(82-62)55-47(78-56)11-8-38(75-55)25-53(69)74-43-29-59(17-19-63)51(70-32-43)26-52-60(83-59,18-20-64)28-41(73-52)23-49-44(68)14-16-61(80-49)27-35(4)54-48(79-61)12-9-40(76-54)31-66-67-65/h17-18,33,35,37-52,54-58,63-64,68H,3,5-16,21-32H2,1-2,4H3/t33-,35+,37+,38-,39?,40+,41+,42-,43-,44+,45-,46+,47+,48+,49+,50?,51+,52-,54+,55+,56?,57?,58?,59?,60?,61+,62+/m1/s1. The van der Waals surface area contributed by atoms with Crippen LogP contribution in [0, 0.1) is 22.7 Å². The summed E-state index contributed by atoms with van der Waals surface area (Å²) in [6.07, 6.45) is 9.73. The number of ether oxygens (including phenoxy) is 14. The summed E-state index contributed by atoms with van der Waals surface area (Å²) in [6, 6.07) is 0. The molecule has 21 nitrogen and oxygen atoms in total. The molecule has 0 aliphatic carbocycles. The quantitative estimate of drug-likeness (QED) is 0.0330. The molecule has 456 valence electrons. The van der Waals surface area contributed by atoms with Crippen LogP contribution in [0.3, 0.4) is 0 Å². The van der Waals surface area contributed by atoms with Crippen molar-refractivity contribution in [3.8, 4) is 0 Å². The van der Waals surface area contributed by atoms with E-state index in [1.165, 1.54) is 11.6 Å². The van der Waals surface area contributed by atoms with Crippen molar-refractivity contribution < 1.29 is 76.2 Å². The summed E-state index contributed by atoms with van der Waals surface area (Å²) in [6.45, 7) is 15.7. The van der Waals surface area contributed by atoms with E-state index in [1.54, 1.807) is 6.08 Å². The van der Waals surface area contributed by atoms with E-state index >= 15 is 0 Å². The molecule has 14 saturated heterocycles. The smallest absolute Gasteiger partial charge is 0.308 e. The first-order valence-electron chi connectivity index (χ1n) is 31.5. The zero-order chi connectivity index (χ0) is 57.4. The molecule has 0 saturated carbocycles. The first-order chi connectivity index (χ1) is 40.1. The highest BCUT2D eigenvalue weighted by Gasteiger charge is 2.66. The molecule has 0 aromatic heterocycles. The first kappa shape index (κ1) is 58.6. The molecule has 0 amide bonds. The van der Waals surface area contributed by atoms with Gasteiger partial charge < -0.3 is 71.4 Å². The van der Waals surface area contributed by atoms with Crippen molar-refractivity contribution in [3.63, 3.8) is 0 Å². The molecular weight excluding hydrogens is 1070 g/mol. The minimum absolute atomic E-state index is 0.00316. The largest absolute Gasteiger partial charge is 0.460 e. The van der Waals surface area contributed by atoms with Crippen LogP contribution in [0.1, 0.15) is 156 Å². The van der Waals surface area contributed by atoms with Crippen molar-refractivity contribution in [2.24, 2.45) is 17.0 Å². The molecule has 14 heterocycles. The lowest BCUT2D eigenvalue weighted by atomic mass is 9.76. The van der Waals surface area contributed by atoms with Gasteiger partial charge in [0.25, 0.3) is 0 Å². The van der Waals surface area contributed by atoms with Gasteiger partial charge in [-0.1, -0.05) is 39.0 Å². The van der Waals surface area contributed by atoms with Crippen molar-refractivity contribution in [1.82, 2.24) is 0 Å². The molecule has 14 aliphatic rings. The Morgan fingerprint density at radius 1 is 0.759 bits per heavy atom. The Balaban J connectivity index is 0.616. The first-order valence-corrected chi connectivity index (χ1v) is 31.5.